The molecule has 0 saturated carbocycles. The monoisotopic (exact) mass is 373 g/mol. The SMILES string of the molecule is Cc1ccc(N)c(NC(=O)c2ccc(N=Nc3ccc(N(C)C)cc3)cc2)c1. The van der Waals surface area contributed by atoms with E-state index in [9.17, 15) is 4.79 Å². The number of rotatable bonds is 5. The van der Waals surface area contributed by atoms with Gasteiger partial charge in [0.1, 0.15) is 0 Å². The van der Waals surface area contributed by atoms with Gasteiger partial charge in [-0.15, -0.1) is 0 Å². The first-order chi connectivity index (χ1) is 13.4. The number of hydrogen-bond donors (Lipinski definition) is 2. The zero-order valence-electron chi connectivity index (χ0n) is 16.2. The number of anilines is 3. The van der Waals surface area contributed by atoms with Crippen LogP contribution in [0.5, 0.6) is 0 Å². The molecular weight excluding hydrogens is 350 g/mol. The van der Waals surface area contributed by atoms with Gasteiger partial charge in [0, 0.05) is 25.3 Å². The third kappa shape index (κ3) is 4.73. The number of nitrogen functional groups attached to an aromatic ring is 1. The fourth-order valence-electron chi connectivity index (χ4n) is 2.59. The Hall–Kier alpha value is -3.67. The summed E-state index contributed by atoms with van der Waals surface area (Å²) in [7, 11) is 3.98. The lowest BCUT2D eigenvalue weighted by Crippen LogP contribution is -2.13. The first-order valence-corrected chi connectivity index (χ1v) is 8.89. The summed E-state index contributed by atoms with van der Waals surface area (Å²) in [5.74, 6) is -0.222. The van der Waals surface area contributed by atoms with E-state index in [-0.39, 0.29) is 5.91 Å². The van der Waals surface area contributed by atoms with Crippen molar-refractivity contribution in [3.63, 3.8) is 0 Å². The van der Waals surface area contributed by atoms with Gasteiger partial charge in [0.05, 0.1) is 22.7 Å². The lowest BCUT2D eigenvalue weighted by Gasteiger charge is -2.11. The zero-order valence-corrected chi connectivity index (χ0v) is 16.2. The molecule has 0 saturated heterocycles. The molecule has 0 unspecified atom stereocenters. The van der Waals surface area contributed by atoms with Crippen molar-refractivity contribution in [1.29, 1.82) is 0 Å². The van der Waals surface area contributed by atoms with Crippen molar-refractivity contribution >= 4 is 34.3 Å². The topological polar surface area (TPSA) is 83.1 Å². The Morgan fingerprint density at radius 1 is 0.893 bits per heavy atom. The summed E-state index contributed by atoms with van der Waals surface area (Å²) in [5.41, 5.74) is 11.1. The van der Waals surface area contributed by atoms with Crippen molar-refractivity contribution in [1.82, 2.24) is 0 Å². The van der Waals surface area contributed by atoms with Crippen LogP contribution in [0.3, 0.4) is 0 Å². The molecule has 28 heavy (non-hydrogen) atoms. The van der Waals surface area contributed by atoms with Crippen molar-refractivity contribution in [3.05, 3.63) is 77.9 Å². The Morgan fingerprint density at radius 3 is 2.04 bits per heavy atom. The molecule has 0 fully saturated rings. The van der Waals surface area contributed by atoms with Crippen LogP contribution in [0, 0.1) is 6.92 Å². The maximum atomic E-state index is 12.4. The van der Waals surface area contributed by atoms with E-state index in [1.54, 1.807) is 30.3 Å². The minimum absolute atomic E-state index is 0.222. The fraction of sp³-hybridized carbons (Fsp3) is 0.136. The van der Waals surface area contributed by atoms with Gasteiger partial charge in [-0.05, 0) is 73.2 Å². The number of carbonyl (C=O) groups is 1. The van der Waals surface area contributed by atoms with Crippen LogP contribution in [-0.2, 0) is 0 Å². The van der Waals surface area contributed by atoms with Gasteiger partial charge in [0.2, 0.25) is 0 Å². The van der Waals surface area contributed by atoms with Gasteiger partial charge in [-0.3, -0.25) is 4.79 Å². The summed E-state index contributed by atoms with van der Waals surface area (Å²) >= 11 is 0. The second-order valence-corrected chi connectivity index (χ2v) is 6.70. The number of benzene rings is 3. The van der Waals surface area contributed by atoms with Gasteiger partial charge in [-0.25, -0.2) is 0 Å². The Bertz CT molecular complexity index is 992. The molecule has 3 aromatic rings. The molecule has 6 nitrogen and oxygen atoms in total. The molecule has 3 aromatic carbocycles. The average Bonchev–Trinajstić information content (AvgIpc) is 2.70. The second kappa shape index (κ2) is 8.35. The van der Waals surface area contributed by atoms with Crippen LogP contribution in [0.4, 0.5) is 28.4 Å². The number of azo groups is 1. The molecule has 0 heterocycles. The van der Waals surface area contributed by atoms with E-state index in [2.05, 4.69) is 15.5 Å². The Kier molecular flexibility index (Phi) is 5.69. The van der Waals surface area contributed by atoms with E-state index in [1.165, 1.54) is 0 Å². The molecule has 3 N–H and O–H groups in total. The van der Waals surface area contributed by atoms with Gasteiger partial charge in [-0.2, -0.15) is 10.2 Å². The summed E-state index contributed by atoms with van der Waals surface area (Å²) in [6.45, 7) is 1.95. The molecule has 0 atom stereocenters. The summed E-state index contributed by atoms with van der Waals surface area (Å²) in [6, 6.07) is 20.3. The minimum atomic E-state index is -0.222. The molecule has 1 amide bonds. The highest BCUT2D eigenvalue weighted by Gasteiger charge is 2.08. The number of amides is 1. The molecular formula is C22H23N5O. The molecule has 3 rings (SSSR count). The highest BCUT2D eigenvalue weighted by Crippen LogP contribution is 2.23. The van der Waals surface area contributed by atoms with Gasteiger partial charge >= 0.3 is 0 Å². The van der Waals surface area contributed by atoms with Crippen molar-refractivity contribution in [2.24, 2.45) is 10.2 Å². The smallest absolute Gasteiger partial charge is 0.255 e. The second-order valence-electron chi connectivity index (χ2n) is 6.70. The molecule has 0 aliphatic heterocycles. The van der Waals surface area contributed by atoms with Crippen LogP contribution in [-0.4, -0.2) is 20.0 Å². The Morgan fingerprint density at radius 2 is 1.46 bits per heavy atom. The Balaban J connectivity index is 1.67. The van der Waals surface area contributed by atoms with Crippen LogP contribution in [0.25, 0.3) is 0 Å². The van der Waals surface area contributed by atoms with Gasteiger partial charge in [0.15, 0.2) is 0 Å². The lowest BCUT2D eigenvalue weighted by molar-refractivity contribution is 0.102. The largest absolute Gasteiger partial charge is 0.397 e. The van der Waals surface area contributed by atoms with Crippen LogP contribution in [0.1, 0.15) is 15.9 Å². The first kappa shape index (κ1) is 19.1. The Labute approximate surface area is 164 Å². The molecule has 0 aliphatic carbocycles. The zero-order chi connectivity index (χ0) is 20.1. The molecule has 6 heteroatoms. The summed E-state index contributed by atoms with van der Waals surface area (Å²) in [4.78, 5) is 14.5. The summed E-state index contributed by atoms with van der Waals surface area (Å²) in [6.07, 6.45) is 0. The first-order valence-electron chi connectivity index (χ1n) is 8.89. The standard InChI is InChI=1S/C22H23N5O/c1-15-4-13-20(23)21(14-15)24-22(28)16-5-7-17(8-6-16)25-26-18-9-11-19(12-10-18)27(2)3/h4-14H,23H2,1-3H3,(H,24,28). The minimum Gasteiger partial charge on any atom is -0.397 e. The van der Waals surface area contributed by atoms with Crippen LogP contribution in [0.2, 0.25) is 0 Å². The maximum Gasteiger partial charge on any atom is 0.255 e. The lowest BCUT2D eigenvalue weighted by atomic mass is 10.1. The number of aryl methyl sites for hydroxylation is 1. The molecule has 0 bridgehead atoms. The number of nitrogens with one attached hydrogen (secondary N) is 1. The van der Waals surface area contributed by atoms with Crippen LogP contribution >= 0.6 is 0 Å². The van der Waals surface area contributed by atoms with Gasteiger partial charge in [-0.1, -0.05) is 6.07 Å². The molecule has 0 radical (unpaired) electrons. The van der Waals surface area contributed by atoms with E-state index in [1.807, 2.05) is 62.3 Å². The average molecular weight is 373 g/mol. The predicted molar refractivity (Wildman–Crippen MR) is 115 cm³/mol. The van der Waals surface area contributed by atoms with Gasteiger partial charge < -0.3 is 16.0 Å². The number of carbonyl (C=O) groups excluding carboxylic acids is 1. The van der Waals surface area contributed by atoms with Crippen LogP contribution in [0.15, 0.2) is 77.0 Å². The number of hydrogen-bond acceptors (Lipinski definition) is 5. The predicted octanol–water partition coefficient (Wildman–Crippen LogP) is 5.31. The van der Waals surface area contributed by atoms with E-state index in [0.717, 1.165) is 16.9 Å². The third-order valence-electron chi connectivity index (χ3n) is 4.23. The number of nitrogens with zero attached hydrogens (tertiary/aromatic N) is 3. The van der Waals surface area contributed by atoms with E-state index >= 15 is 0 Å². The highest BCUT2D eigenvalue weighted by molar-refractivity contribution is 6.05. The van der Waals surface area contributed by atoms with Crippen molar-refractivity contribution < 1.29 is 4.79 Å². The van der Waals surface area contributed by atoms with E-state index in [0.29, 0.717) is 22.6 Å². The normalized spacial score (nSPS) is 10.8. The molecule has 0 aliphatic rings. The third-order valence-corrected chi connectivity index (χ3v) is 4.23. The van der Waals surface area contributed by atoms with Crippen molar-refractivity contribution in [2.75, 3.05) is 30.0 Å². The highest BCUT2D eigenvalue weighted by atomic mass is 16.1. The maximum absolute atomic E-state index is 12.4. The molecule has 0 aromatic heterocycles. The van der Waals surface area contributed by atoms with E-state index < -0.39 is 0 Å². The molecule has 0 spiro atoms. The van der Waals surface area contributed by atoms with Crippen molar-refractivity contribution in [2.45, 2.75) is 6.92 Å². The van der Waals surface area contributed by atoms with Crippen LogP contribution < -0.4 is 16.0 Å². The number of nitrogens with two attached hydrogens (primary N) is 1. The fourth-order valence-corrected chi connectivity index (χ4v) is 2.59. The molecule has 142 valence electrons. The van der Waals surface area contributed by atoms with Crippen molar-refractivity contribution in [3.8, 4) is 0 Å². The quantitative estimate of drug-likeness (QED) is 0.469. The van der Waals surface area contributed by atoms with E-state index in [4.69, 9.17) is 5.73 Å². The summed E-state index contributed by atoms with van der Waals surface area (Å²) < 4.78 is 0. The van der Waals surface area contributed by atoms with Gasteiger partial charge in [0.25, 0.3) is 5.91 Å². The summed E-state index contributed by atoms with van der Waals surface area (Å²) in [5, 5.41) is 11.3.